The maximum absolute atomic E-state index is 12.4. The number of hydrogen-bond acceptors (Lipinski definition) is 3. The van der Waals surface area contributed by atoms with Gasteiger partial charge in [-0.2, -0.15) is 0 Å². The first-order chi connectivity index (χ1) is 10.1. The third-order valence-electron chi connectivity index (χ3n) is 4.75. The van der Waals surface area contributed by atoms with Gasteiger partial charge in [0.25, 0.3) is 0 Å². The van der Waals surface area contributed by atoms with Crippen LogP contribution in [0, 0.1) is 6.92 Å². The van der Waals surface area contributed by atoms with Crippen LogP contribution in [-0.2, 0) is 11.8 Å². The van der Waals surface area contributed by atoms with Crippen LogP contribution in [-0.4, -0.2) is 58.0 Å². The van der Waals surface area contributed by atoms with E-state index in [1.54, 1.807) is 0 Å². The van der Waals surface area contributed by atoms with Gasteiger partial charge in [0.1, 0.15) is 5.82 Å². The van der Waals surface area contributed by atoms with Crippen molar-refractivity contribution >= 4 is 5.91 Å². The fourth-order valence-corrected chi connectivity index (χ4v) is 3.62. The first kappa shape index (κ1) is 14.6. The van der Waals surface area contributed by atoms with E-state index in [4.69, 9.17) is 0 Å². The van der Waals surface area contributed by atoms with Gasteiger partial charge in [-0.15, -0.1) is 0 Å². The Kier molecular flexibility index (Phi) is 4.29. The van der Waals surface area contributed by atoms with Crippen molar-refractivity contribution in [3.8, 4) is 0 Å². The lowest BCUT2D eigenvalue weighted by Gasteiger charge is -2.27. The molecule has 3 heterocycles. The number of rotatable bonds is 3. The fourth-order valence-electron chi connectivity index (χ4n) is 3.62. The summed E-state index contributed by atoms with van der Waals surface area (Å²) in [6.45, 7) is 6.51. The van der Waals surface area contributed by atoms with Crippen molar-refractivity contribution in [3.63, 3.8) is 0 Å². The van der Waals surface area contributed by atoms with E-state index < -0.39 is 0 Å². The predicted molar refractivity (Wildman–Crippen MR) is 82.2 cm³/mol. The smallest absolute Gasteiger partial charge is 0.236 e. The van der Waals surface area contributed by atoms with Gasteiger partial charge in [0.05, 0.1) is 12.2 Å². The quantitative estimate of drug-likeness (QED) is 0.848. The molecule has 0 bridgehead atoms. The number of hydrogen-bond donors (Lipinski definition) is 0. The van der Waals surface area contributed by atoms with Crippen LogP contribution in [0.5, 0.6) is 0 Å². The number of piperidine rings is 1. The highest BCUT2D eigenvalue weighted by atomic mass is 16.2. The number of carbonyl (C=O) groups is 1. The van der Waals surface area contributed by atoms with Crippen molar-refractivity contribution < 1.29 is 4.79 Å². The van der Waals surface area contributed by atoms with E-state index in [9.17, 15) is 4.79 Å². The number of carbonyl (C=O) groups excluding carboxylic acids is 1. The van der Waals surface area contributed by atoms with Crippen LogP contribution in [0.25, 0.3) is 0 Å². The fraction of sp³-hybridized carbons (Fsp3) is 0.750. The zero-order chi connectivity index (χ0) is 14.8. The molecule has 2 saturated heterocycles. The molecule has 1 unspecified atom stereocenters. The lowest BCUT2D eigenvalue weighted by Crippen LogP contribution is -2.41. The second kappa shape index (κ2) is 6.18. The summed E-state index contributed by atoms with van der Waals surface area (Å²) in [5.74, 6) is 1.82. The molecule has 1 amide bonds. The van der Waals surface area contributed by atoms with Crippen LogP contribution in [0.3, 0.4) is 0 Å². The van der Waals surface area contributed by atoms with E-state index in [0.29, 0.717) is 18.4 Å². The van der Waals surface area contributed by atoms with Gasteiger partial charge in [0.15, 0.2) is 0 Å². The first-order valence-corrected chi connectivity index (χ1v) is 8.13. The van der Waals surface area contributed by atoms with Crippen molar-refractivity contribution in [2.45, 2.75) is 38.5 Å². The third kappa shape index (κ3) is 3.28. The molecule has 2 aliphatic rings. The molecule has 1 atom stereocenters. The summed E-state index contributed by atoms with van der Waals surface area (Å²) in [6, 6.07) is 0. The molecular weight excluding hydrogens is 264 g/mol. The minimum absolute atomic E-state index is 0.297. The van der Waals surface area contributed by atoms with Crippen molar-refractivity contribution in [3.05, 3.63) is 17.7 Å². The molecular formula is C16H26N4O. The van der Waals surface area contributed by atoms with E-state index in [1.807, 2.05) is 18.9 Å². The Balaban J connectivity index is 1.56. The lowest BCUT2D eigenvalue weighted by molar-refractivity contribution is -0.131. The molecule has 0 aromatic carbocycles. The summed E-state index contributed by atoms with van der Waals surface area (Å²) in [5.41, 5.74) is 1.06. The molecule has 21 heavy (non-hydrogen) atoms. The van der Waals surface area contributed by atoms with Crippen molar-refractivity contribution in [2.75, 3.05) is 32.7 Å². The Bertz CT molecular complexity index is 504. The summed E-state index contributed by atoms with van der Waals surface area (Å²) in [5, 5.41) is 0. The van der Waals surface area contributed by atoms with Gasteiger partial charge in [-0.05, 0) is 39.3 Å². The van der Waals surface area contributed by atoms with Crippen molar-refractivity contribution in [1.29, 1.82) is 0 Å². The Morgan fingerprint density at radius 2 is 2.05 bits per heavy atom. The monoisotopic (exact) mass is 290 g/mol. The first-order valence-electron chi connectivity index (χ1n) is 8.13. The maximum atomic E-state index is 12.4. The molecule has 2 fully saturated rings. The van der Waals surface area contributed by atoms with Gasteiger partial charge >= 0.3 is 0 Å². The average molecular weight is 290 g/mol. The second-order valence-electron chi connectivity index (χ2n) is 6.51. The number of aryl methyl sites for hydroxylation is 2. The Hall–Kier alpha value is -1.36. The zero-order valence-electron chi connectivity index (χ0n) is 13.2. The summed E-state index contributed by atoms with van der Waals surface area (Å²) < 4.78 is 2.11. The topological polar surface area (TPSA) is 41.4 Å². The van der Waals surface area contributed by atoms with E-state index >= 15 is 0 Å². The zero-order valence-corrected chi connectivity index (χ0v) is 13.2. The van der Waals surface area contributed by atoms with E-state index in [1.165, 1.54) is 19.3 Å². The van der Waals surface area contributed by atoms with Crippen LogP contribution in [0.4, 0.5) is 0 Å². The van der Waals surface area contributed by atoms with Gasteiger partial charge in [-0.1, -0.05) is 6.42 Å². The van der Waals surface area contributed by atoms with Crippen LogP contribution in [0.2, 0.25) is 0 Å². The van der Waals surface area contributed by atoms with Crippen LogP contribution >= 0.6 is 0 Å². The number of imidazole rings is 1. The highest BCUT2D eigenvalue weighted by molar-refractivity contribution is 5.78. The summed E-state index contributed by atoms with van der Waals surface area (Å²) in [6.07, 6.45) is 6.89. The number of nitrogens with zero attached hydrogens (tertiary/aromatic N) is 4. The highest BCUT2D eigenvalue weighted by Crippen LogP contribution is 2.26. The number of likely N-dealkylation sites (tertiary alicyclic amines) is 2. The molecule has 116 valence electrons. The molecule has 3 rings (SSSR count). The summed E-state index contributed by atoms with van der Waals surface area (Å²) >= 11 is 0. The molecule has 0 spiro atoms. The number of amides is 1. The molecule has 0 saturated carbocycles. The van der Waals surface area contributed by atoms with Crippen LogP contribution in [0.15, 0.2) is 6.20 Å². The molecule has 2 aliphatic heterocycles. The van der Waals surface area contributed by atoms with E-state index in [0.717, 1.165) is 44.1 Å². The molecule has 1 aromatic heterocycles. The van der Waals surface area contributed by atoms with Gasteiger partial charge < -0.3 is 9.47 Å². The Morgan fingerprint density at radius 3 is 2.71 bits per heavy atom. The Labute approximate surface area is 126 Å². The largest absolute Gasteiger partial charge is 0.341 e. The van der Waals surface area contributed by atoms with E-state index in [2.05, 4.69) is 20.6 Å². The molecule has 1 aromatic rings. The minimum atomic E-state index is 0.297. The minimum Gasteiger partial charge on any atom is -0.341 e. The van der Waals surface area contributed by atoms with Gasteiger partial charge in [-0.25, -0.2) is 4.98 Å². The summed E-state index contributed by atoms with van der Waals surface area (Å²) in [4.78, 5) is 21.4. The second-order valence-corrected chi connectivity index (χ2v) is 6.51. The van der Waals surface area contributed by atoms with Gasteiger partial charge in [0, 0.05) is 32.3 Å². The normalized spacial score (nSPS) is 23.7. The molecule has 5 heteroatoms. The highest BCUT2D eigenvalue weighted by Gasteiger charge is 2.30. The lowest BCUT2D eigenvalue weighted by atomic mass is 10.1. The SMILES string of the molecule is Cc1cn(C)c(C2CCN(C(=O)CN3CCCCC3)C2)n1. The molecule has 5 nitrogen and oxygen atoms in total. The van der Waals surface area contributed by atoms with E-state index in [-0.39, 0.29) is 0 Å². The summed E-state index contributed by atoms with van der Waals surface area (Å²) in [7, 11) is 2.05. The van der Waals surface area contributed by atoms with Gasteiger partial charge in [0.2, 0.25) is 5.91 Å². The maximum Gasteiger partial charge on any atom is 0.236 e. The van der Waals surface area contributed by atoms with Crippen LogP contribution in [0.1, 0.15) is 43.1 Å². The molecule has 0 radical (unpaired) electrons. The Morgan fingerprint density at radius 1 is 1.29 bits per heavy atom. The standard InChI is InChI=1S/C16H26N4O/c1-13-10-18(2)16(17-13)14-6-9-20(11-14)15(21)12-19-7-4-3-5-8-19/h10,14H,3-9,11-12H2,1-2H3. The third-order valence-corrected chi connectivity index (χ3v) is 4.75. The van der Waals surface area contributed by atoms with Gasteiger partial charge in [-0.3, -0.25) is 9.69 Å². The van der Waals surface area contributed by atoms with Crippen LogP contribution < -0.4 is 0 Å². The molecule has 0 N–H and O–H groups in total. The van der Waals surface area contributed by atoms with Crippen molar-refractivity contribution in [2.24, 2.45) is 7.05 Å². The van der Waals surface area contributed by atoms with Crippen molar-refractivity contribution in [1.82, 2.24) is 19.4 Å². The molecule has 0 aliphatic carbocycles. The predicted octanol–water partition coefficient (Wildman–Crippen LogP) is 1.53. The number of aromatic nitrogens is 2. The average Bonchev–Trinajstić information content (AvgIpc) is 3.06.